The van der Waals surface area contributed by atoms with Crippen molar-refractivity contribution in [2.45, 2.75) is 12.8 Å². The summed E-state index contributed by atoms with van der Waals surface area (Å²) in [6.07, 6.45) is 1.24. The van der Waals surface area contributed by atoms with Crippen molar-refractivity contribution < 1.29 is 18.7 Å². The Morgan fingerprint density at radius 3 is 2.53 bits per heavy atom. The van der Waals surface area contributed by atoms with Crippen LogP contribution in [0.1, 0.15) is 11.1 Å². The smallest absolute Gasteiger partial charge is 0.304 e. The largest absolute Gasteiger partial charge is 0.340 e. The van der Waals surface area contributed by atoms with Gasteiger partial charge in [-0.25, -0.2) is 4.63 Å². The maximum Gasteiger partial charge on any atom is 0.304 e. The molecule has 4 rings (SSSR count). The molecule has 1 aromatic heterocycles. The Kier molecular flexibility index (Phi) is 5.66. The molecule has 0 atom stereocenters. The Balaban J connectivity index is 1.26. The van der Waals surface area contributed by atoms with E-state index in [1.54, 1.807) is 6.07 Å². The van der Waals surface area contributed by atoms with E-state index in [0.717, 1.165) is 18.5 Å². The van der Waals surface area contributed by atoms with E-state index in [-0.39, 0.29) is 5.91 Å². The second-order valence-electron chi connectivity index (χ2n) is 7.29. The highest BCUT2D eigenvalue weighted by molar-refractivity contribution is 5.79. The van der Waals surface area contributed by atoms with Crippen LogP contribution in [0.15, 0.2) is 41.0 Å². The highest BCUT2D eigenvalue weighted by Gasteiger charge is 2.23. The fourth-order valence-corrected chi connectivity index (χ4v) is 3.57. The van der Waals surface area contributed by atoms with Crippen LogP contribution >= 0.6 is 0 Å². The zero-order valence-electron chi connectivity index (χ0n) is 16.2. The number of carbonyl (C=O) groups excluding carboxylic acids is 1. The fourth-order valence-electron chi connectivity index (χ4n) is 3.57. The summed E-state index contributed by atoms with van der Waals surface area (Å²) in [7, 11) is 0. The van der Waals surface area contributed by atoms with Gasteiger partial charge in [-0.2, -0.15) is 4.39 Å². The van der Waals surface area contributed by atoms with Gasteiger partial charge in [0.15, 0.2) is 0 Å². The molecule has 1 fully saturated rings. The van der Waals surface area contributed by atoms with Crippen molar-refractivity contribution in [2.24, 2.45) is 0 Å². The summed E-state index contributed by atoms with van der Waals surface area (Å²) in [6.45, 7) is 2.88. The third-order valence-corrected chi connectivity index (χ3v) is 5.31. The van der Waals surface area contributed by atoms with Crippen LogP contribution in [0, 0.1) is 15.9 Å². The molecule has 1 saturated heterocycles. The van der Waals surface area contributed by atoms with Crippen LogP contribution in [0.3, 0.4) is 0 Å². The van der Waals surface area contributed by atoms with Crippen molar-refractivity contribution in [3.63, 3.8) is 0 Å². The molecule has 0 saturated carbocycles. The predicted molar refractivity (Wildman–Crippen MR) is 105 cm³/mol. The molecular formula is C20H20FN5O4. The maximum absolute atomic E-state index is 13.7. The Bertz CT molecular complexity index is 1090. The molecule has 3 aromatic rings. The van der Waals surface area contributed by atoms with Crippen molar-refractivity contribution in [1.82, 2.24) is 20.1 Å². The molecule has 0 aliphatic carbocycles. The first-order chi connectivity index (χ1) is 14.5. The second-order valence-corrected chi connectivity index (χ2v) is 7.29. The second kappa shape index (κ2) is 8.54. The van der Waals surface area contributed by atoms with Gasteiger partial charge >= 0.3 is 5.69 Å². The van der Waals surface area contributed by atoms with E-state index < -0.39 is 16.4 Å². The molecule has 10 heteroatoms. The summed E-state index contributed by atoms with van der Waals surface area (Å²) >= 11 is 0. The first kappa shape index (κ1) is 19.9. The number of halogens is 1. The van der Waals surface area contributed by atoms with Gasteiger partial charge in [-0.1, -0.05) is 12.1 Å². The van der Waals surface area contributed by atoms with Crippen molar-refractivity contribution >= 4 is 22.6 Å². The van der Waals surface area contributed by atoms with E-state index in [4.69, 9.17) is 4.63 Å². The van der Waals surface area contributed by atoms with Crippen LogP contribution in [-0.4, -0.2) is 63.7 Å². The minimum Gasteiger partial charge on any atom is -0.340 e. The predicted octanol–water partition coefficient (Wildman–Crippen LogP) is 2.20. The molecule has 1 aliphatic rings. The number of hydrogen-bond acceptors (Lipinski definition) is 7. The van der Waals surface area contributed by atoms with E-state index in [1.807, 2.05) is 28.0 Å². The number of fused-ring (bicyclic) bond motifs is 1. The summed E-state index contributed by atoms with van der Waals surface area (Å²) in [5, 5.41) is 18.3. The first-order valence-corrected chi connectivity index (χ1v) is 9.64. The Morgan fingerprint density at radius 2 is 1.77 bits per heavy atom. The fraction of sp³-hybridized carbons (Fsp3) is 0.350. The molecule has 2 heterocycles. The number of rotatable bonds is 7. The lowest BCUT2D eigenvalue weighted by Crippen LogP contribution is -2.51. The quantitative estimate of drug-likeness (QED) is 0.432. The van der Waals surface area contributed by atoms with Gasteiger partial charge in [0, 0.05) is 32.2 Å². The summed E-state index contributed by atoms with van der Waals surface area (Å²) < 4.78 is 18.4. The number of nitrogens with zero attached hydrogens (tertiary/aromatic N) is 5. The summed E-state index contributed by atoms with van der Waals surface area (Å²) in [5.41, 5.74) is 2.61. The molecular weight excluding hydrogens is 393 g/mol. The third kappa shape index (κ3) is 4.43. The standard InChI is InChI=1S/C20H20FN5O4/c21-16-11-14(2-4-19(16)26(28)29)5-7-24-9-10-25(20(27)13-24)8-6-15-1-3-17-18(12-15)23-30-22-17/h1-4,11-12H,5-10,13H2. The lowest BCUT2D eigenvalue weighted by molar-refractivity contribution is -0.387. The number of nitro benzene ring substituents is 1. The third-order valence-electron chi connectivity index (χ3n) is 5.31. The summed E-state index contributed by atoms with van der Waals surface area (Å²) in [4.78, 5) is 26.3. The molecule has 1 amide bonds. The lowest BCUT2D eigenvalue weighted by Gasteiger charge is -2.34. The minimum atomic E-state index is -0.835. The zero-order chi connectivity index (χ0) is 21.1. The van der Waals surface area contributed by atoms with Gasteiger partial charge in [0.1, 0.15) is 11.0 Å². The van der Waals surface area contributed by atoms with Crippen molar-refractivity contribution in [3.05, 3.63) is 63.5 Å². The molecule has 0 spiro atoms. The highest BCUT2D eigenvalue weighted by atomic mass is 19.1. The maximum atomic E-state index is 13.7. The molecule has 9 nitrogen and oxygen atoms in total. The van der Waals surface area contributed by atoms with Gasteiger partial charge in [0.2, 0.25) is 11.7 Å². The van der Waals surface area contributed by atoms with Crippen molar-refractivity contribution in [3.8, 4) is 0 Å². The van der Waals surface area contributed by atoms with Gasteiger partial charge in [-0.15, -0.1) is 0 Å². The molecule has 0 unspecified atom stereocenters. The van der Waals surface area contributed by atoms with Crippen LogP contribution < -0.4 is 0 Å². The zero-order valence-corrected chi connectivity index (χ0v) is 16.2. The average Bonchev–Trinajstić information content (AvgIpc) is 3.19. The Hall–Kier alpha value is -3.40. The van der Waals surface area contributed by atoms with Gasteiger partial charge in [0.05, 0.1) is 11.5 Å². The molecule has 1 aliphatic heterocycles. The van der Waals surface area contributed by atoms with E-state index in [1.165, 1.54) is 12.1 Å². The van der Waals surface area contributed by atoms with Crippen LogP contribution in [0.2, 0.25) is 0 Å². The molecule has 0 bridgehead atoms. The van der Waals surface area contributed by atoms with Crippen molar-refractivity contribution in [2.75, 3.05) is 32.7 Å². The molecule has 30 heavy (non-hydrogen) atoms. The summed E-state index contributed by atoms with van der Waals surface area (Å²) in [5.74, 6) is -0.779. The van der Waals surface area contributed by atoms with Crippen LogP contribution in [0.5, 0.6) is 0 Å². The van der Waals surface area contributed by atoms with Crippen LogP contribution in [-0.2, 0) is 17.6 Å². The van der Waals surface area contributed by atoms with Crippen LogP contribution in [0.4, 0.5) is 10.1 Å². The van der Waals surface area contributed by atoms with Gasteiger partial charge < -0.3 is 4.90 Å². The first-order valence-electron chi connectivity index (χ1n) is 9.64. The van der Waals surface area contributed by atoms with E-state index in [2.05, 4.69) is 10.3 Å². The SMILES string of the molecule is O=C1CN(CCc2ccc([N+](=O)[O-])c(F)c2)CCN1CCc1ccc2nonc2c1. The van der Waals surface area contributed by atoms with Gasteiger partial charge in [-0.3, -0.25) is 19.8 Å². The number of piperazine rings is 1. The van der Waals surface area contributed by atoms with E-state index in [9.17, 15) is 19.3 Å². The van der Waals surface area contributed by atoms with E-state index in [0.29, 0.717) is 49.2 Å². The van der Waals surface area contributed by atoms with Gasteiger partial charge in [0.25, 0.3) is 0 Å². The number of carbonyl (C=O) groups is 1. The molecule has 156 valence electrons. The Labute approximate surface area is 171 Å². The number of hydrogen-bond donors (Lipinski definition) is 0. The summed E-state index contributed by atoms with van der Waals surface area (Å²) in [6, 6.07) is 9.65. The van der Waals surface area contributed by atoms with E-state index >= 15 is 0 Å². The topological polar surface area (TPSA) is 106 Å². The number of aromatic nitrogens is 2. The number of amides is 1. The Morgan fingerprint density at radius 1 is 1.03 bits per heavy atom. The lowest BCUT2D eigenvalue weighted by atomic mass is 10.1. The molecule has 2 aromatic carbocycles. The highest BCUT2D eigenvalue weighted by Crippen LogP contribution is 2.19. The average molecular weight is 413 g/mol. The van der Waals surface area contributed by atoms with Crippen molar-refractivity contribution in [1.29, 1.82) is 0 Å². The monoisotopic (exact) mass is 413 g/mol. The molecule has 0 radical (unpaired) electrons. The van der Waals surface area contributed by atoms with Crippen LogP contribution in [0.25, 0.3) is 11.0 Å². The number of benzene rings is 2. The minimum absolute atomic E-state index is 0.0558. The van der Waals surface area contributed by atoms with Gasteiger partial charge in [-0.05, 0) is 52.5 Å². The number of nitro groups is 1. The normalized spacial score (nSPS) is 15.1. The molecule has 0 N–H and O–H groups in total.